The van der Waals surface area contributed by atoms with Crippen LogP contribution in [0.25, 0.3) is 0 Å². The van der Waals surface area contributed by atoms with E-state index in [1.165, 1.54) is 5.56 Å². The molecule has 1 aliphatic carbocycles. The van der Waals surface area contributed by atoms with Crippen LogP contribution in [0.5, 0.6) is 0 Å². The van der Waals surface area contributed by atoms with Crippen LogP contribution in [0, 0.1) is 6.92 Å². The maximum absolute atomic E-state index is 12.9. The number of carbonyl (C=O) groups excluding carboxylic acids is 3. The second kappa shape index (κ2) is 9.71. The number of anilines is 2. The molecule has 1 fully saturated rings. The Bertz CT molecular complexity index is 1150. The number of amides is 2. The normalized spacial score (nSPS) is 17.6. The lowest BCUT2D eigenvalue weighted by Crippen LogP contribution is -2.43. The van der Waals surface area contributed by atoms with Gasteiger partial charge in [0.25, 0.3) is 5.91 Å². The van der Waals surface area contributed by atoms with Crippen molar-refractivity contribution in [3.63, 3.8) is 0 Å². The zero-order valence-corrected chi connectivity index (χ0v) is 20.1. The highest BCUT2D eigenvalue weighted by Crippen LogP contribution is 2.31. The smallest absolute Gasteiger partial charge is 0.255 e. The van der Waals surface area contributed by atoms with Crippen molar-refractivity contribution in [2.75, 3.05) is 30.9 Å². The monoisotopic (exact) mass is 460 g/mol. The molecule has 1 heterocycles. The van der Waals surface area contributed by atoms with Crippen molar-refractivity contribution < 1.29 is 14.4 Å². The molecule has 0 radical (unpaired) electrons. The zero-order chi connectivity index (χ0) is 24.4. The molecular weight excluding hydrogens is 428 g/mol. The zero-order valence-electron chi connectivity index (χ0n) is 20.1. The van der Waals surface area contributed by atoms with E-state index in [-0.39, 0.29) is 30.2 Å². The Morgan fingerprint density at radius 3 is 2.71 bits per heavy atom. The van der Waals surface area contributed by atoms with Gasteiger partial charge in [0, 0.05) is 50.5 Å². The summed E-state index contributed by atoms with van der Waals surface area (Å²) in [6.07, 6.45) is 1.78. The molecule has 4 rings (SSSR count). The molecule has 34 heavy (non-hydrogen) atoms. The van der Waals surface area contributed by atoms with Gasteiger partial charge in [-0.15, -0.1) is 0 Å². The van der Waals surface area contributed by atoms with Crippen molar-refractivity contribution >= 4 is 29.0 Å². The van der Waals surface area contributed by atoms with Gasteiger partial charge in [-0.2, -0.15) is 0 Å². The Balaban J connectivity index is 1.32. The van der Waals surface area contributed by atoms with E-state index in [1.807, 2.05) is 49.3 Å². The second-order valence-electron chi connectivity index (χ2n) is 9.40. The van der Waals surface area contributed by atoms with E-state index in [0.717, 1.165) is 34.5 Å². The molecule has 0 bridgehead atoms. The molecule has 2 aromatic rings. The number of Topliss-reactive ketones (excluding diaryl/α,β-unsaturated/α-hetero) is 1. The van der Waals surface area contributed by atoms with Crippen molar-refractivity contribution in [3.8, 4) is 0 Å². The summed E-state index contributed by atoms with van der Waals surface area (Å²) in [6, 6.07) is 11.3. The first-order valence-corrected chi connectivity index (χ1v) is 11.6. The van der Waals surface area contributed by atoms with Gasteiger partial charge in [-0.1, -0.05) is 30.4 Å². The van der Waals surface area contributed by atoms with E-state index in [2.05, 4.69) is 24.1 Å². The first kappa shape index (κ1) is 23.5. The third-order valence-electron chi connectivity index (χ3n) is 6.58. The minimum Gasteiger partial charge on any atom is -0.377 e. The van der Waals surface area contributed by atoms with E-state index in [4.69, 9.17) is 0 Å². The van der Waals surface area contributed by atoms with Crippen molar-refractivity contribution in [2.45, 2.75) is 45.3 Å². The van der Waals surface area contributed by atoms with Crippen molar-refractivity contribution in [2.24, 2.45) is 0 Å². The Hall–Kier alpha value is -3.61. The summed E-state index contributed by atoms with van der Waals surface area (Å²) >= 11 is 0. The fraction of sp³-hybridized carbons (Fsp3) is 0.370. The molecule has 2 aliphatic rings. The summed E-state index contributed by atoms with van der Waals surface area (Å²) < 4.78 is 0. The van der Waals surface area contributed by atoms with Gasteiger partial charge in [-0.25, -0.2) is 0 Å². The number of aryl methyl sites for hydroxylation is 1. The number of allylic oxidation sites excluding steroid dienone is 1. The quantitative estimate of drug-likeness (QED) is 0.619. The van der Waals surface area contributed by atoms with Gasteiger partial charge in [-0.3, -0.25) is 14.4 Å². The highest BCUT2D eigenvalue weighted by atomic mass is 16.2. The third-order valence-corrected chi connectivity index (χ3v) is 6.58. The van der Waals surface area contributed by atoms with E-state index >= 15 is 0 Å². The van der Waals surface area contributed by atoms with E-state index in [0.29, 0.717) is 31.5 Å². The molecule has 7 nitrogen and oxygen atoms in total. The van der Waals surface area contributed by atoms with E-state index in [9.17, 15) is 14.4 Å². The number of carbonyl (C=O) groups is 3. The van der Waals surface area contributed by atoms with Crippen molar-refractivity contribution in [3.05, 3.63) is 70.8 Å². The molecule has 7 heteroatoms. The number of hydrogen-bond acceptors (Lipinski definition) is 5. The lowest BCUT2D eigenvalue weighted by Gasteiger charge is -2.30. The molecule has 2 amide bonds. The van der Waals surface area contributed by atoms with Crippen LogP contribution in [0.1, 0.15) is 46.3 Å². The fourth-order valence-corrected chi connectivity index (χ4v) is 4.69. The van der Waals surface area contributed by atoms with Gasteiger partial charge >= 0.3 is 0 Å². The van der Waals surface area contributed by atoms with Gasteiger partial charge in [-0.05, 0) is 54.7 Å². The summed E-state index contributed by atoms with van der Waals surface area (Å²) in [5.74, 6) is -0.127. The molecule has 2 aromatic carbocycles. The standard InChI is InChI=1S/C27H32N4O3/c1-17-5-10-23(25(32)11-17)31-16-20-12-19(7-9-22(20)27(31)34)14-29-26(33)15-28-21-8-6-18(2)24(13-21)30(3)4/h6-9,12-13,23,28H,1,5,10-11,14-16H2,2-4H3,(H,29,33). The molecule has 178 valence electrons. The number of rotatable bonds is 7. The first-order chi connectivity index (χ1) is 16.2. The van der Waals surface area contributed by atoms with Crippen molar-refractivity contribution in [1.29, 1.82) is 0 Å². The Kier molecular flexibility index (Phi) is 6.72. The number of ketones is 1. The van der Waals surface area contributed by atoms with Crippen LogP contribution in [0.2, 0.25) is 0 Å². The SMILES string of the molecule is C=C1CCC(N2Cc3cc(CNC(=O)CNc4ccc(C)c(N(C)C)c4)ccc3C2=O)C(=O)C1. The van der Waals surface area contributed by atoms with E-state index < -0.39 is 0 Å². The summed E-state index contributed by atoms with van der Waals surface area (Å²) in [5.41, 5.74) is 6.59. The van der Waals surface area contributed by atoms with Gasteiger partial charge in [0.1, 0.15) is 0 Å². The van der Waals surface area contributed by atoms with Crippen LogP contribution in [-0.4, -0.2) is 49.2 Å². The second-order valence-corrected chi connectivity index (χ2v) is 9.40. The first-order valence-electron chi connectivity index (χ1n) is 11.6. The van der Waals surface area contributed by atoms with Gasteiger partial charge < -0.3 is 20.4 Å². The third kappa shape index (κ3) is 4.98. The minimum atomic E-state index is -0.366. The Morgan fingerprint density at radius 1 is 1.18 bits per heavy atom. The lowest BCUT2D eigenvalue weighted by molar-refractivity contribution is -0.124. The summed E-state index contributed by atoms with van der Waals surface area (Å²) in [6.45, 7) is 6.94. The van der Waals surface area contributed by atoms with Gasteiger partial charge in [0.15, 0.2) is 5.78 Å². The summed E-state index contributed by atoms with van der Waals surface area (Å²) in [5, 5.41) is 6.10. The minimum absolute atomic E-state index is 0.0728. The Morgan fingerprint density at radius 2 is 1.97 bits per heavy atom. The number of nitrogens with zero attached hydrogens (tertiary/aromatic N) is 2. The maximum atomic E-state index is 12.9. The van der Waals surface area contributed by atoms with Gasteiger partial charge in [0.05, 0.1) is 12.6 Å². The molecule has 1 saturated carbocycles. The van der Waals surface area contributed by atoms with Crippen LogP contribution >= 0.6 is 0 Å². The highest BCUT2D eigenvalue weighted by Gasteiger charge is 2.37. The average molecular weight is 461 g/mol. The molecule has 1 atom stereocenters. The fourth-order valence-electron chi connectivity index (χ4n) is 4.69. The van der Waals surface area contributed by atoms with Crippen LogP contribution in [0.4, 0.5) is 11.4 Å². The van der Waals surface area contributed by atoms with Crippen molar-refractivity contribution in [1.82, 2.24) is 10.2 Å². The highest BCUT2D eigenvalue weighted by molar-refractivity contribution is 6.02. The molecule has 1 aliphatic heterocycles. The maximum Gasteiger partial charge on any atom is 0.255 e. The van der Waals surface area contributed by atoms with Crippen LogP contribution in [-0.2, 0) is 22.7 Å². The van der Waals surface area contributed by atoms with Crippen LogP contribution < -0.4 is 15.5 Å². The number of hydrogen-bond donors (Lipinski definition) is 2. The predicted molar refractivity (Wildman–Crippen MR) is 134 cm³/mol. The molecule has 1 unspecified atom stereocenters. The molecule has 0 saturated heterocycles. The van der Waals surface area contributed by atoms with E-state index in [1.54, 1.807) is 11.0 Å². The largest absolute Gasteiger partial charge is 0.377 e. The molecule has 0 aromatic heterocycles. The average Bonchev–Trinajstić information content (AvgIpc) is 3.12. The van der Waals surface area contributed by atoms with Gasteiger partial charge in [0.2, 0.25) is 5.91 Å². The number of fused-ring (bicyclic) bond motifs is 1. The summed E-state index contributed by atoms with van der Waals surface area (Å²) in [4.78, 5) is 41.5. The molecular formula is C27H32N4O3. The Labute approximate surface area is 200 Å². The lowest BCUT2D eigenvalue weighted by atomic mass is 9.90. The number of benzene rings is 2. The van der Waals surface area contributed by atoms with Crippen LogP contribution in [0.3, 0.4) is 0 Å². The molecule has 2 N–H and O–H groups in total. The predicted octanol–water partition coefficient (Wildman–Crippen LogP) is 3.42. The molecule has 0 spiro atoms. The topological polar surface area (TPSA) is 81.8 Å². The summed E-state index contributed by atoms with van der Waals surface area (Å²) in [7, 11) is 3.98. The number of nitrogens with one attached hydrogen (secondary N) is 2. The van der Waals surface area contributed by atoms with Crippen LogP contribution in [0.15, 0.2) is 48.6 Å².